The highest BCUT2D eigenvalue weighted by Gasteiger charge is 2.23. The van der Waals surface area contributed by atoms with Gasteiger partial charge in [0.15, 0.2) is 0 Å². The van der Waals surface area contributed by atoms with Crippen molar-refractivity contribution in [3.05, 3.63) is 22.4 Å². The molecule has 2 rings (SSSR count). The summed E-state index contributed by atoms with van der Waals surface area (Å²) in [6.45, 7) is 3.60. The van der Waals surface area contributed by atoms with E-state index in [1.165, 1.54) is 12.3 Å². The molecule has 0 atom stereocenters. The lowest BCUT2D eigenvalue weighted by Gasteiger charge is -2.25. The number of hydrazone groups is 1. The van der Waals surface area contributed by atoms with Crippen LogP contribution in [0.5, 0.6) is 0 Å². The van der Waals surface area contributed by atoms with Gasteiger partial charge in [0.2, 0.25) is 5.95 Å². The molecule has 1 aromatic heterocycles. The van der Waals surface area contributed by atoms with E-state index >= 15 is 0 Å². The fraction of sp³-hybridized carbons (Fsp3) is 0.438. The predicted octanol–water partition coefficient (Wildman–Crippen LogP) is 0.587. The van der Waals surface area contributed by atoms with E-state index in [1.54, 1.807) is 20.0 Å². The Morgan fingerprint density at radius 2 is 2.07 bits per heavy atom. The van der Waals surface area contributed by atoms with Crippen LogP contribution >= 0.6 is 15.9 Å². The van der Waals surface area contributed by atoms with Gasteiger partial charge in [0.25, 0.3) is 0 Å². The van der Waals surface area contributed by atoms with Crippen molar-refractivity contribution in [2.24, 2.45) is 15.8 Å². The molecule has 0 aliphatic heterocycles. The minimum Gasteiger partial charge on any atom is -0.400 e. The van der Waals surface area contributed by atoms with E-state index in [0.29, 0.717) is 17.6 Å². The number of nitrogens with two attached hydrogens (primary N) is 1. The zero-order valence-corrected chi connectivity index (χ0v) is 17.9. The number of anilines is 2. The van der Waals surface area contributed by atoms with Gasteiger partial charge in [0.05, 0.1) is 39.8 Å². The molecule has 9 nitrogen and oxygen atoms in total. The molecule has 6 radical (unpaired) electrons. The summed E-state index contributed by atoms with van der Waals surface area (Å²) < 4.78 is 0.740. The lowest BCUT2D eigenvalue weighted by Crippen LogP contribution is -2.42. The minimum absolute atomic E-state index is 0.167. The Hall–Kier alpha value is -2.30. The molecule has 0 saturated heterocycles. The standard InChI is InChI=1S/C16H21B3BrN9/c1-15(2,29-24-6-5-21)11(22)7-12(28-16(17,18)19)26-14-23-8-10(20)13(27-14)25-9-3-4-9/h5-9,21,29H,3-4,22H2,1-2H3,(H2,23,25,26,27,28)/b11-7?,21-5?,24-6-. The van der Waals surface area contributed by atoms with Crippen molar-refractivity contribution in [2.45, 2.75) is 43.5 Å². The summed E-state index contributed by atoms with van der Waals surface area (Å²) in [5, 5.41) is 15.3. The molecule has 146 valence electrons. The highest BCUT2D eigenvalue weighted by molar-refractivity contribution is 9.10. The summed E-state index contributed by atoms with van der Waals surface area (Å²) >= 11 is 3.42. The van der Waals surface area contributed by atoms with Crippen LogP contribution < -0.4 is 21.8 Å². The minimum atomic E-state index is -1.83. The Labute approximate surface area is 182 Å². The lowest BCUT2D eigenvalue weighted by molar-refractivity contribution is 0.464. The number of rotatable bonds is 9. The van der Waals surface area contributed by atoms with Crippen LogP contribution in [0.2, 0.25) is 0 Å². The summed E-state index contributed by atoms with van der Waals surface area (Å²) in [4.78, 5) is 12.7. The fourth-order valence-corrected chi connectivity index (χ4v) is 2.30. The molecule has 0 unspecified atom stereocenters. The summed E-state index contributed by atoms with van der Waals surface area (Å²) in [7, 11) is 16.9. The Morgan fingerprint density at radius 3 is 2.66 bits per heavy atom. The third-order valence-corrected chi connectivity index (χ3v) is 4.30. The van der Waals surface area contributed by atoms with E-state index in [0.717, 1.165) is 23.5 Å². The van der Waals surface area contributed by atoms with Gasteiger partial charge in [-0.3, -0.25) is 10.4 Å². The van der Waals surface area contributed by atoms with E-state index in [1.807, 2.05) is 0 Å². The van der Waals surface area contributed by atoms with E-state index in [9.17, 15) is 0 Å². The van der Waals surface area contributed by atoms with Crippen molar-refractivity contribution >= 4 is 69.5 Å². The molecule has 6 N–H and O–H groups in total. The molecule has 0 aromatic carbocycles. The predicted molar refractivity (Wildman–Crippen MR) is 124 cm³/mol. The molecular formula is C16H21B3BrN9. The molecule has 1 aliphatic rings. The first-order chi connectivity index (χ1) is 13.5. The normalized spacial score (nSPS) is 16.0. The second kappa shape index (κ2) is 9.47. The van der Waals surface area contributed by atoms with Crippen molar-refractivity contribution in [1.82, 2.24) is 15.4 Å². The first kappa shape index (κ1) is 23.0. The second-order valence-corrected chi connectivity index (χ2v) is 7.95. The summed E-state index contributed by atoms with van der Waals surface area (Å²) in [5.74, 6) is 1.08. The number of hydrogen-bond acceptors (Lipinski definition) is 8. The van der Waals surface area contributed by atoms with Crippen LogP contribution in [0.3, 0.4) is 0 Å². The van der Waals surface area contributed by atoms with Crippen molar-refractivity contribution in [3.63, 3.8) is 0 Å². The number of nitrogens with one attached hydrogen (secondary N) is 4. The zero-order chi connectivity index (χ0) is 21.7. The summed E-state index contributed by atoms with van der Waals surface area (Å²) in [6.07, 6.45) is 7.66. The molecule has 1 heterocycles. The second-order valence-electron chi connectivity index (χ2n) is 7.10. The topological polar surface area (TPSA) is 136 Å². The number of halogens is 1. The number of amidine groups is 1. The number of nitrogens with zero attached hydrogens (tertiary/aromatic N) is 4. The maximum Gasteiger partial charge on any atom is 0.230 e. The van der Waals surface area contributed by atoms with Crippen LogP contribution in [0.1, 0.15) is 26.7 Å². The number of aliphatic imine (C=N–C) groups is 1. The average Bonchev–Trinajstić information content (AvgIpc) is 3.40. The third-order valence-electron chi connectivity index (χ3n) is 3.72. The largest absolute Gasteiger partial charge is 0.400 e. The molecule has 1 aliphatic carbocycles. The van der Waals surface area contributed by atoms with Crippen LogP contribution in [0.15, 0.2) is 32.5 Å². The van der Waals surface area contributed by atoms with Crippen molar-refractivity contribution in [3.8, 4) is 0 Å². The Kier molecular flexibility index (Phi) is 7.51. The van der Waals surface area contributed by atoms with Crippen LogP contribution in [0, 0.1) is 5.41 Å². The van der Waals surface area contributed by atoms with Gasteiger partial charge in [0.1, 0.15) is 11.7 Å². The highest BCUT2D eigenvalue weighted by atomic mass is 79.9. The van der Waals surface area contributed by atoms with Gasteiger partial charge in [0, 0.05) is 30.2 Å². The monoisotopic (exact) mass is 451 g/mol. The third kappa shape index (κ3) is 7.92. The molecule has 1 fully saturated rings. The summed E-state index contributed by atoms with van der Waals surface area (Å²) in [5.41, 5.74) is 8.63. The van der Waals surface area contributed by atoms with Crippen LogP contribution in [-0.4, -0.2) is 68.6 Å². The van der Waals surface area contributed by atoms with Gasteiger partial charge >= 0.3 is 0 Å². The summed E-state index contributed by atoms with van der Waals surface area (Å²) in [6, 6.07) is 0.413. The van der Waals surface area contributed by atoms with Crippen molar-refractivity contribution in [1.29, 1.82) is 5.41 Å². The molecule has 0 spiro atoms. The maximum absolute atomic E-state index is 6.98. The van der Waals surface area contributed by atoms with E-state index in [4.69, 9.17) is 34.7 Å². The fourth-order valence-electron chi connectivity index (χ4n) is 2.00. The van der Waals surface area contributed by atoms with Crippen LogP contribution in [-0.2, 0) is 0 Å². The van der Waals surface area contributed by atoms with Gasteiger partial charge in [-0.1, -0.05) is 0 Å². The van der Waals surface area contributed by atoms with E-state index in [-0.39, 0.29) is 11.8 Å². The Bertz CT molecular complexity index is 829. The zero-order valence-electron chi connectivity index (χ0n) is 16.3. The quantitative estimate of drug-likeness (QED) is 0.161. The average molecular weight is 452 g/mol. The van der Waals surface area contributed by atoms with Gasteiger partial charge in [-0.05, 0) is 47.9 Å². The van der Waals surface area contributed by atoms with Gasteiger partial charge in [-0.25, -0.2) is 4.98 Å². The molecule has 1 aromatic rings. The van der Waals surface area contributed by atoms with Gasteiger partial charge < -0.3 is 21.8 Å². The van der Waals surface area contributed by atoms with Crippen LogP contribution in [0.4, 0.5) is 11.8 Å². The molecular weight excluding hydrogens is 431 g/mol. The van der Waals surface area contributed by atoms with Gasteiger partial charge in [-0.2, -0.15) is 10.1 Å². The Balaban J connectivity index is 2.28. The maximum atomic E-state index is 6.98. The molecule has 13 heteroatoms. The molecule has 0 amide bonds. The van der Waals surface area contributed by atoms with Crippen LogP contribution in [0.25, 0.3) is 0 Å². The number of aromatic nitrogens is 2. The molecule has 0 bridgehead atoms. The molecule has 29 heavy (non-hydrogen) atoms. The lowest BCUT2D eigenvalue weighted by atomic mass is 9.50. The van der Waals surface area contributed by atoms with Gasteiger partial charge in [-0.15, -0.1) is 0 Å². The van der Waals surface area contributed by atoms with E-state index < -0.39 is 10.8 Å². The number of hydrogen-bond donors (Lipinski definition) is 5. The first-order valence-corrected chi connectivity index (χ1v) is 9.59. The first-order valence-electron chi connectivity index (χ1n) is 8.79. The molecule has 1 saturated carbocycles. The smallest absolute Gasteiger partial charge is 0.230 e. The highest BCUT2D eigenvalue weighted by Crippen LogP contribution is 2.28. The van der Waals surface area contributed by atoms with Crippen molar-refractivity contribution in [2.75, 3.05) is 10.6 Å². The SMILES string of the molecule is [B]C([B])([B])N=C(C=C(N)C(C)(C)N/N=C\C=N)Nc1ncc(Br)c(NC2CC2)n1. The Morgan fingerprint density at radius 1 is 1.38 bits per heavy atom. The van der Waals surface area contributed by atoms with Crippen molar-refractivity contribution < 1.29 is 0 Å². The van der Waals surface area contributed by atoms with E-state index in [2.05, 4.69) is 52.1 Å².